The standard InChI is InChI=1S/C14H17NO3/c1-14(2,9-16)8-15-12(17)7-10-5-3-4-6-11(10)13(15)18/h3-6,16H,7-9H2,1-2H3. The second-order valence-electron chi connectivity index (χ2n) is 5.44. The molecule has 0 aliphatic carbocycles. The van der Waals surface area contributed by atoms with Crippen molar-refractivity contribution in [3.8, 4) is 0 Å². The minimum atomic E-state index is -0.475. The first kappa shape index (κ1) is 12.8. The van der Waals surface area contributed by atoms with E-state index in [1.807, 2.05) is 19.9 Å². The third kappa shape index (κ3) is 2.29. The number of aliphatic hydroxyl groups is 1. The molecule has 4 nitrogen and oxygen atoms in total. The van der Waals surface area contributed by atoms with Gasteiger partial charge in [0.25, 0.3) is 5.91 Å². The van der Waals surface area contributed by atoms with Gasteiger partial charge < -0.3 is 5.11 Å². The van der Waals surface area contributed by atoms with Gasteiger partial charge in [-0.1, -0.05) is 32.0 Å². The summed E-state index contributed by atoms with van der Waals surface area (Å²) in [4.78, 5) is 25.5. The van der Waals surface area contributed by atoms with Gasteiger partial charge in [-0.2, -0.15) is 0 Å². The monoisotopic (exact) mass is 247 g/mol. The fourth-order valence-corrected chi connectivity index (χ4v) is 2.04. The molecule has 1 heterocycles. The molecule has 1 aromatic carbocycles. The number of imide groups is 1. The zero-order chi connectivity index (χ0) is 13.3. The van der Waals surface area contributed by atoms with Gasteiger partial charge >= 0.3 is 0 Å². The van der Waals surface area contributed by atoms with Crippen LogP contribution in [0.4, 0.5) is 0 Å². The van der Waals surface area contributed by atoms with Crippen molar-refractivity contribution in [3.05, 3.63) is 35.4 Å². The number of amides is 2. The van der Waals surface area contributed by atoms with Crippen LogP contribution in [-0.2, 0) is 11.2 Å². The van der Waals surface area contributed by atoms with Crippen LogP contribution in [0.1, 0.15) is 29.8 Å². The van der Waals surface area contributed by atoms with Crippen LogP contribution in [0.15, 0.2) is 24.3 Å². The summed E-state index contributed by atoms with van der Waals surface area (Å²) in [7, 11) is 0. The average Bonchev–Trinajstić information content (AvgIpc) is 2.34. The van der Waals surface area contributed by atoms with Gasteiger partial charge in [-0.15, -0.1) is 0 Å². The SMILES string of the molecule is CC(C)(CO)CN1C(=O)Cc2ccccc2C1=O. The zero-order valence-electron chi connectivity index (χ0n) is 10.6. The molecule has 1 N–H and O–H groups in total. The highest BCUT2D eigenvalue weighted by molar-refractivity contribution is 6.09. The lowest BCUT2D eigenvalue weighted by molar-refractivity contribution is -0.129. The van der Waals surface area contributed by atoms with Crippen LogP contribution < -0.4 is 0 Å². The highest BCUT2D eigenvalue weighted by Gasteiger charge is 2.34. The molecule has 0 unspecified atom stereocenters. The van der Waals surface area contributed by atoms with E-state index >= 15 is 0 Å². The van der Waals surface area contributed by atoms with Crippen molar-refractivity contribution in [2.24, 2.45) is 5.41 Å². The summed E-state index contributed by atoms with van der Waals surface area (Å²) < 4.78 is 0. The van der Waals surface area contributed by atoms with Crippen LogP contribution in [0.2, 0.25) is 0 Å². The lowest BCUT2D eigenvalue weighted by Gasteiger charge is -2.33. The molecule has 0 radical (unpaired) electrons. The summed E-state index contributed by atoms with van der Waals surface area (Å²) in [6, 6.07) is 7.16. The number of carbonyl (C=O) groups excluding carboxylic acids is 2. The summed E-state index contributed by atoms with van der Waals surface area (Å²) >= 11 is 0. The number of carbonyl (C=O) groups is 2. The average molecular weight is 247 g/mol. The first-order valence-electron chi connectivity index (χ1n) is 5.98. The van der Waals surface area contributed by atoms with Crippen molar-refractivity contribution < 1.29 is 14.7 Å². The predicted octanol–water partition coefficient (Wildman–Crippen LogP) is 1.23. The second-order valence-corrected chi connectivity index (χ2v) is 5.44. The number of nitrogens with zero attached hydrogens (tertiary/aromatic N) is 1. The third-order valence-corrected chi connectivity index (χ3v) is 3.15. The number of benzene rings is 1. The number of rotatable bonds is 3. The van der Waals surface area contributed by atoms with E-state index < -0.39 is 5.41 Å². The predicted molar refractivity (Wildman–Crippen MR) is 67.1 cm³/mol. The summed E-state index contributed by atoms with van der Waals surface area (Å²) in [6.45, 7) is 3.84. The second kappa shape index (κ2) is 4.53. The third-order valence-electron chi connectivity index (χ3n) is 3.15. The first-order valence-corrected chi connectivity index (χ1v) is 5.98. The molecule has 0 saturated carbocycles. The van der Waals surface area contributed by atoms with Crippen LogP contribution >= 0.6 is 0 Å². The molecule has 0 bridgehead atoms. The fourth-order valence-electron chi connectivity index (χ4n) is 2.04. The Morgan fingerprint density at radius 3 is 2.61 bits per heavy atom. The first-order chi connectivity index (χ1) is 8.44. The van der Waals surface area contributed by atoms with Gasteiger partial charge in [0.05, 0.1) is 6.42 Å². The minimum Gasteiger partial charge on any atom is -0.396 e. The van der Waals surface area contributed by atoms with E-state index in [4.69, 9.17) is 0 Å². The Kier molecular flexibility index (Phi) is 3.22. The molecule has 2 rings (SSSR count). The Balaban J connectivity index is 2.30. The zero-order valence-corrected chi connectivity index (χ0v) is 10.6. The number of aliphatic hydroxyl groups excluding tert-OH is 1. The van der Waals surface area contributed by atoms with Crippen molar-refractivity contribution in [2.45, 2.75) is 20.3 Å². The van der Waals surface area contributed by atoms with Gasteiger partial charge in [-0.3, -0.25) is 14.5 Å². The van der Waals surface area contributed by atoms with E-state index in [1.54, 1.807) is 18.2 Å². The molecule has 0 atom stereocenters. The molecule has 1 aliphatic heterocycles. The summed E-state index contributed by atoms with van der Waals surface area (Å²) in [6.07, 6.45) is 0.253. The van der Waals surface area contributed by atoms with Crippen LogP contribution in [0.3, 0.4) is 0 Å². The molecule has 0 saturated heterocycles. The summed E-state index contributed by atoms with van der Waals surface area (Å²) in [5.74, 6) is -0.455. The normalized spacial score (nSPS) is 15.8. The molecule has 4 heteroatoms. The Hall–Kier alpha value is -1.68. The van der Waals surface area contributed by atoms with E-state index in [1.165, 1.54) is 4.90 Å². The Labute approximate surface area is 106 Å². The Bertz CT molecular complexity index is 494. The Morgan fingerprint density at radius 2 is 1.94 bits per heavy atom. The molecule has 0 fully saturated rings. The summed E-state index contributed by atoms with van der Waals surface area (Å²) in [5, 5.41) is 9.24. The van der Waals surface area contributed by atoms with Gasteiger partial charge in [0, 0.05) is 24.1 Å². The van der Waals surface area contributed by atoms with E-state index in [2.05, 4.69) is 0 Å². The van der Waals surface area contributed by atoms with Crippen molar-refractivity contribution in [2.75, 3.05) is 13.2 Å². The van der Waals surface area contributed by atoms with Crippen LogP contribution in [0.25, 0.3) is 0 Å². The molecule has 2 amide bonds. The van der Waals surface area contributed by atoms with Gasteiger partial charge in [-0.05, 0) is 11.6 Å². The van der Waals surface area contributed by atoms with Gasteiger partial charge in [0.2, 0.25) is 5.91 Å². The van der Waals surface area contributed by atoms with Gasteiger partial charge in [0.15, 0.2) is 0 Å². The van der Waals surface area contributed by atoms with Gasteiger partial charge in [-0.25, -0.2) is 0 Å². The number of hydrogen-bond acceptors (Lipinski definition) is 3. The number of hydrogen-bond donors (Lipinski definition) is 1. The summed E-state index contributed by atoms with van der Waals surface area (Å²) in [5.41, 5.74) is 0.897. The van der Waals surface area contributed by atoms with E-state index in [-0.39, 0.29) is 31.4 Å². The molecule has 1 aromatic rings. The van der Waals surface area contributed by atoms with Gasteiger partial charge in [0.1, 0.15) is 0 Å². The maximum atomic E-state index is 12.2. The molecule has 1 aliphatic rings. The topological polar surface area (TPSA) is 57.6 Å². The maximum absolute atomic E-state index is 12.2. The minimum absolute atomic E-state index is 0.0638. The fraction of sp³-hybridized carbons (Fsp3) is 0.429. The highest BCUT2D eigenvalue weighted by atomic mass is 16.3. The smallest absolute Gasteiger partial charge is 0.260 e. The van der Waals surface area contributed by atoms with Crippen LogP contribution in [-0.4, -0.2) is 35.0 Å². The van der Waals surface area contributed by atoms with Crippen molar-refractivity contribution >= 4 is 11.8 Å². The quantitative estimate of drug-likeness (QED) is 0.817. The van der Waals surface area contributed by atoms with Crippen LogP contribution in [0.5, 0.6) is 0 Å². The largest absolute Gasteiger partial charge is 0.396 e. The lowest BCUT2D eigenvalue weighted by atomic mass is 9.91. The Morgan fingerprint density at radius 1 is 1.28 bits per heavy atom. The van der Waals surface area contributed by atoms with E-state index in [9.17, 15) is 14.7 Å². The van der Waals surface area contributed by atoms with Crippen LogP contribution in [0, 0.1) is 5.41 Å². The molecule has 0 aromatic heterocycles. The van der Waals surface area contributed by atoms with Crippen molar-refractivity contribution in [1.29, 1.82) is 0 Å². The number of fused-ring (bicyclic) bond motifs is 1. The molecule has 0 spiro atoms. The lowest BCUT2D eigenvalue weighted by Crippen LogP contribution is -2.47. The highest BCUT2D eigenvalue weighted by Crippen LogP contribution is 2.24. The molecule has 96 valence electrons. The maximum Gasteiger partial charge on any atom is 0.260 e. The molecular weight excluding hydrogens is 230 g/mol. The van der Waals surface area contributed by atoms with Crippen molar-refractivity contribution in [1.82, 2.24) is 4.90 Å². The molecule has 18 heavy (non-hydrogen) atoms. The molecular formula is C14H17NO3. The van der Waals surface area contributed by atoms with E-state index in [0.29, 0.717) is 5.56 Å². The van der Waals surface area contributed by atoms with E-state index in [0.717, 1.165) is 5.56 Å². The van der Waals surface area contributed by atoms with Crippen molar-refractivity contribution in [3.63, 3.8) is 0 Å².